The molecule has 0 bridgehead atoms. The van der Waals surface area contributed by atoms with Gasteiger partial charge in [-0.1, -0.05) is 0 Å². The molecule has 0 amide bonds. The van der Waals surface area contributed by atoms with Crippen LogP contribution in [0.25, 0.3) is 0 Å². The maximum absolute atomic E-state index is 9.33. The third-order valence-electron chi connectivity index (χ3n) is 3.07. The molecule has 0 spiro atoms. The molecule has 90 valence electrons. The van der Waals surface area contributed by atoms with E-state index in [1.54, 1.807) is 0 Å². The number of likely N-dealkylation sites (N-methyl/N-ethyl adjacent to an activating group) is 1. The lowest BCUT2D eigenvalue weighted by Crippen LogP contribution is -2.54. The minimum atomic E-state index is -0.402. The lowest BCUT2D eigenvalue weighted by atomic mass is 9.95. The average Bonchev–Trinajstić information content (AvgIpc) is 3.01. The zero-order valence-electron chi connectivity index (χ0n) is 9.91. The Hall–Kier alpha value is -0.160. The summed E-state index contributed by atoms with van der Waals surface area (Å²) in [5.74, 6) is 0.511. The van der Waals surface area contributed by atoms with Crippen molar-refractivity contribution in [3.63, 3.8) is 0 Å². The number of nitrogens with two attached hydrogens (primary N) is 1. The van der Waals surface area contributed by atoms with Gasteiger partial charge in [0, 0.05) is 19.7 Å². The topological polar surface area (TPSA) is 58.7 Å². The van der Waals surface area contributed by atoms with Crippen LogP contribution >= 0.6 is 0 Å². The lowest BCUT2D eigenvalue weighted by Gasteiger charge is -2.32. The summed E-state index contributed by atoms with van der Waals surface area (Å²) >= 11 is 0. The maximum atomic E-state index is 9.33. The summed E-state index contributed by atoms with van der Waals surface area (Å²) in [6.07, 6.45) is 2.33. The molecule has 4 nitrogen and oxygen atoms in total. The Morgan fingerprint density at radius 1 is 1.53 bits per heavy atom. The fourth-order valence-corrected chi connectivity index (χ4v) is 1.91. The van der Waals surface area contributed by atoms with Crippen molar-refractivity contribution < 1.29 is 9.84 Å². The molecule has 1 fully saturated rings. The van der Waals surface area contributed by atoms with Gasteiger partial charge in [0.15, 0.2) is 0 Å². The van der Waals surface area contributed by atoms with Crippen LogP contribution in [0.5, 0.6) is 0 Å². The van der Waals surface area contributed by atoms with Crippen molar-refractivity contribution in [1.29, 1.82) is 0 Å². The standard InChI is InChI=1S/C11H24N2O2/c1-3-15-7-6-13(2)8-11(12,9-14)10-4-5-10/h10,14H,3-9,12H2,1-2H3. The van der Waals surface area contributed by atoms with Gasteiger partial charge >= 0.3 is 0 Å². The molecule has 1 rings (SSSR count). The van der Waals surface area contributed by atoms with Crippen LogP contribution < -0.4 is 5.73 Å². The second-order valence-electron chi connectivity index (χ2n) is 4.60. The highest BCUT2D eigenvalue weighted by Gasteiger charge is 2.42. The van der Waals surface area contributed by atoms with E-state index < -0.39 is 5.54 Å². The molecule has 15 heavy (non-hydrogen) atoms. The van der Waals surface area contributed by atoms with E-state index in [2.05, 4.69) is 4.90 Å². The Morgan fingerprint density at radius 3 is 2.67 bits per heavy atom. The second-order valence-corrected chi connectivity index (χ2v) is 4.60. The van der Waals surface area contributed by atoms with Gasteiger partial charge in [-0.25, -0.2) is 0 Å². The summed E-state index contributed by atoms with van der Waals surface area (Å²) in [6, 6.07) is 0. The first-order valence-corrected chi connectivity index (χ1v) is 5.78. The van der Waals surface area contributed by atoms with E-state index in [-0.39, 0.29) is 6.61 Å². The fraction of sp³-hybridized carbons (Fsp3) is 1.00. The van der Waals surface area contributed by atoms with Crippen molar-refractivity contribution in [2.45, 2.75) is 25.3 Å². The Bertz CT molecular complexity index is 185. The molecular formula is C11H24N2O2. The predicted molar refractivity (Wildman–Crippen MR) is 60.7 cm³/mol. The van der Waals surface area contributed by atoms with Crippen molar-refractivity contribution in [3.05, 3.63) is 0 Å². The Balaban J connectivity index is 2.24. The predicted octanol–water partition coefficient (Wildman–Crippen LogP) is 0.0545. The SMILES string of the molecule is CCOCCN(C)CC(N)(CO)C1CC1. The molecule has 0 aromatic carbocycles. The van der Waals surface area contributed by atoms with Crippen molar-refractivity contribution >= 4 is 0 Å². The molecule has 0 radical (unpaired) electrons. The first kappa shape index (κ1) is 12.9. The third-order valence-corrected chi connectivity index (χ3v) is 3.07. The van der Waals surface area contributed by atoms with Crippen molar-refractivity contribution in [2.75, 3.05) is 40.0 Å². The van der Waals surface area contributed by atoms with Gasteiger partial charge in [-0.15, -0.1) is 0 Å². The van der Waals surface area contributed by atoms with Crippen LogP contribution in [0, 0.1) is 5.92 Å². The van der Waals surface area contributed by atoms with E-state index in [9.17, 15) is 5.11 Å². The van der Waals surface area contributed by atoms with E-state index in [0.29, 0.717) is 5.92 Å². The Labute approximate surface area is 92.4 Å². The summed E-state index contributed by atoms with van der Waals surface area (Å²) < 4.78 is 5.28. The quantitative estimate of drug-likeness (QED) is 0.563. The molecule has 4 heteroatoms. The zero-order valence-corrected chi connectivity index (χ0v) is 9.91. The molecule has 1 aliphatic rings. The van der Waals surface area contributed by atoms with Gasteiger partial charge < -0.3 is 20.5 Å². The number of rotatable bonds is 8. The average molecular weight is 216 g/mol. The van der Waals surface area contributed by atoms with Gasteiger partial charge in [0.1, 0.15) is 0 Å². The number of aliphatic hydroxyl groups is 1. The summed E-state index contributed by atoms with van der Waals surface area (Å²) in [7, 11) is 2.03. The normalized spacial score (nSPS) is 20.6. The van der Waals surface area contributed by atoms with Crippen LogP contribution in [-0.4, -0.2) is 55.5 Å². The first-order chi connectivity index (χ1) is 7.12. The highest BCUT2D eigenvalue weighted by molar-refractivity contribution is 5.00. The molecular weight excluding hydrogens is 192 g/mol. The van der Waals surface area contributed by atoms with Crippen molar-refractivity contribution in [3.8, 4) is 0 Å². The summed E-state index contributed by atoms with van der Waals surface area (Å²) in [5.41, 5.74) is 5.77. The minimum absolute atomic E-state index is 0.0800. The highest BCUT2D eigenvalue weighted by Crippen LogP contribution is 2.38. The van der Waals surface area contributed by atoms with Crippen LogP contribution in [0.15, 0.2) is 0 Å². The molecule has 0 aromatic heterocycles. The molecule has 1 aliphatic carbocycles. The number of hydrogen-bond donors (Lipinski definition) is 2. The van der Waals surface area contributed by atoms with Gasteiger partial charge in [-0.05, 0) is 32.7 Å². The van der Waals surface area contributed by atoms with E-state index in [1.807, 2.05) is 14.0 Å². The van der Waals surface area contributed by atoms with Crippen molar-refractivity contribution in [2.24, 2.45) is 11.7 Å². The molecule has 1 atom stereocenters. The molecule has 0 saturated heterocycles. The Morgan fingerprint density at radius 2 is 2.20 bits per heavy atom. The first-order valence-electron chi connectivity index (χ1n) is 5.78. The smallest absolute Gasteiger partial charge is 0.0626 e. The van der Waals surface area contributed by atoms with Gasteiger partial charge in [-0.2, -0.15) is 0 Å². The Kier molecular flexibility index (Phi) is 4.99. The van der Waals surface area contributed by atoms with Crippen LogP contribution in [0.4, 0.5) is 0 Å². The van der Waals surface area contributed by atoms with Crippen LogP contribution in [0.3, 0.4) is 0 Å². The van der Waals surface area contributed by atoms with Gasteiger partial charge in [0.05, 0.1) is 18.8 Å². The zero-order chi connectivity index (χ0) is 11.3. The summed E-state index contributed by atoms with van der Waals surface area (Å²) in [6.45, 7) is 5.19. The van der Waals surface area contributed by atoms with E-state index in [4.69, 9.17) is 10.5 Å². The summed E-state index contributed by atoms with van der Waals surface area (Å²) in [4.78, 5) is 2.14. The maximum Gasteiger partial charge on any atom is 0.0626 e. The number of ether oxygens (including phenoxy) is 1. The fourth-order valence-electron chi connectivity index (χ4n) is 1.91. The van der Waals surface area contributed by atoms with Gasteiger partial charge in [0.2, 0.25) is 0 Å². The summed E-state index contributed by atoms with van der Waals surface area (Å²) in [5, 5.41) is 9.33. The van der Waals surface area contributed by atoms with E-state index >= 15 is 0 Å². The second kappa shape index (κ2) is 5.80. The molecule has 1 unspecified atom stereocenters. The molecule has 0 aromatic rings. The lowest BCUT2D eigenvalue weighted by molar-refractivity contribution is 0.0936. The molecule has 3 N–H and O–H groups in total. The molecule has 0 aliphatic heterocycles. The minimum Gasteiger partial charge on any atom is -0.394 e. The molecule has 1 saturated carbocycles. The van der Waals surface area contributed by atoms with Crippen LogP contribution in [0.2, 0.25) is 0 Å². The largest absolute Gasteiger partial charge is 0.394 e. The van der Waals surface area contributed by atoms with Crippen LogP contribution in [-0.2, 0) is 4.74 Å². The van der Waals surface area contributed by atoms with E-state index in [1.165, 1.54) is 0 Å². The van der Waals surface area contributed by atoms with Gasteiger partial charge in [-0.3, -0.25) is 0 Å². The van der Waals surface area contributed by atoms with Gasteiger partial charge in [0.25, 0.3) is 0 Å². The number of nitrogens with zero attached hydrogens (tertiary/aromatic N) is 1. The number of hydrogen-bond acceptors (Lipinski definition) is 4. The van der Waals surface area contributed by atoms with E-state index in [0.717, 1.165) is 39.1 Å². The van der Waals surface area contributed by atoms with Crippen molar-refractivity contribution in [1.82, 2.24) is 4.90 Å². The number of aliphatic hydroxyl groups excluding tert-OH is 1. The van der Waals surface area contributed by atoms with Crippen LogP contribution in [0.1, 0.15) is 19.8 Å². The highest BCUT2D eigenvalue weighted by atomic mass is 16.5. The monoisotopic (exact) mass is 216 g/mol. The third kappa shape index (κ3) is 4.07. The molecule has 0 heterocycles.